The first-order chi connectivity index (χ1) is 38.2. The number of anilines is 2. The summed E-state index contributed by atoms with van der Waals surface area (Å²) in [5.74, 6) is 0.0171. The standard InChI is InChI=1S/C59H74FN11O7S/c1-37-12-14-40(15-13-37)54(74)47-36-79-57(65-47)49-11-8-22-70(49)59(76)45(33-52(73)38(2)62-3)39-18-24-68(25-19-39)26-28-78-30-29-77-27-20-43(72)9-6-23-71-51-35-67(5)58(75)44-17-16-42(60)32-46(44)48-10-7-21-69(48)50-31-41(34-64-55(50)61)53(51)56(63-4)66-71/h12-17,31-32,34,38-39,45,47-49,62H,6-11,18-30,33,35-36H2,1-3,5H3,(H2,61,64)/t38-,45-,47?,48-,49-/m1/s1. The van der Waals surface area contributed by atoms with Crippen molar-refractivity contribution < 1.29 is 37.8 Å². The molecule has 18 nitrogen and oxygen atoms in total. The first-order valence-electron chi connectivity index (χ1n) is 28.0. The van der Waals surface area contributed by atoms with Crippen molar-refractivity contribution in [2.45, 2.75) is 115 Å². The van der Waals surface area contributed by atoms with Crippen LogP contribution >= 0.6 is 11.8 Å². The van der Waals surface area contributed by atoms with Gasteiger partial charge in [0.05, 0.1) is 74.1 Å². The van der Waals surface area contributed by atoms with E-state index in [1.165, 1.54) is 18.2 Å². The van der Waals surface area contributed by atoms with Gasteiger partial charge in [0, 0.05) is 80.5 Å². The number of fused-ring (bicyclic) bond motifs is 8. The maximum absolute atomic E-state index is 14.8. The lowest BCUT2D eigenvalue weighted by Gasteiger charge is -2.38. The molecule has 3 fully saturated rings. The molecule has 0 aliphatic carbocycles. The molecule has 2 aromatic carbocycles. The maximum Gasteiger partial charge on any atom is 0.303 e. The van der Waals surface area contributed by atoms with E-state index in [2.05, 4.69) is 30.0 Å². The van der Waals surface area contributed by atoms with E-state index in [1.807, 2.05) is 49.1 Å². The van der Waals surface area contributed by atoms with Crippen LogP contribution in [-0.2, 0) is 36.9 Å². The number of pyridine rings is 1. The SMILES string of the molecule is [C-]#[N+]c1nn(CCCC(=O)CCOCCOCCN2CCC([C@@H](CC(=O)[C@@H](C)NC)C(=O)N3CCC[C@@H]3C3=NC(C(=O)c4ccc(C)cc4)CS3)CC2)c2c1-c1cnc(N)c(c1)N1CCC[C@@H]1c1cc(F)ccc1C(=O)N(C)C2. The molecular formula is C59H74FN11O7S. The zero-order chi connectivity index (χ0) is 55.7. The summed E-state index contributed by atoms with van der Waals surface area (Å²) in [5.41, 5.74) is 11.7. The number of nitrogens with one attached hydrogen (secondary N) is 1. The van der Waals surface area contributed by atoms with Crippen molar-refractivity contribution in [3.63, 3.8) is 0 Å². The van der Waals surface area contributed by atoms with Gasteiger partial charge in [-0.15, -0.1) is 11.8 Å². The number of Topliss-reactive ketones (excluding diaryl/α,β-unsaturated/α-hetero) is 3. The minimum Gasteiger partial charge on any atom is -0.382 e. The Kier molecular flexibility index (Phi) is 19.1. The van der Waals surface area contributed by atoms with Crippen molar-refractivity contribution in [2.24, 2.45) is 16.8 Å². The highest BCUT2D eigenvalue weighted by Crippen LogP contribution is 2.44. The Labute approximate surface area is 466 Å². The monoisotopic (exact) mass is 1100 g/mol. The number of amides is 2. The molecule has 9 rings (SSSR count). The smallest absolute Gasteiger partial charge is 0.303 e. The van der Waals surface area contributed by atoms with Crippen LogP contribution in [0.5, 0.6) is 0 Å². The third kappa shape index (κ3) is 13.3. The lowest BCUT2D eigenvalue weighted by atomic mass is 9.79. The summed E-state index contributed by atoms with van der Waals surface area (Å²) in [4.78, 5) is 89.8. The molecule has 0 radical (unpaired) electrons. The summed E-state index contributed by atoms with van der Waals surface area (Å²) in [5, 5.41) is 8.59. The third-order valence-corrected chi connectivity index (χ3v) is 17.6. The Morgan fingerprint density at radius 1 is 0.937 bits per heavy atom. The van der Waals surface area contributed by atoms with Gasteiger partial charge < -0.3 is 45.0 Å². The number of aromatic nitrogens is 3. The number of thioether (sulfide) groups is 1. The number of hydrogen-bond donors (Lipinski definition) is 2. The molecular weight excluding hydrogens is 1030 g/mol. The number of ether oxygens (including phenoxy) is 2. The van der Waals surface area contributed by atoms with Crippen LogP contribution in [0.3, 0.4) is 0 Å². The molecule has 420 valence electrons. The molecule has 3 N–H and O–H groups in total. The van der Waals surface area contributed by atoms with Crippen LogP contribution in [0, 0.1) is 31.1 Å². The molecule has 3 saturated heterocycles. The molecule has 2 amide bonds. The maximum atomic E-state index is 14.8. The Morgan fingerprint density at radius 2 is 1.68 bits per heavy atom. The molecule has 1 unspecified atom stereocenters. The topological polar surface area (TPSA) is 202 Å². The Morgan fingerprint density at radius 3 is 2.44 bits per heavy atom. The summed E-state index contributed by atoms with van der Waals surface area (Å²) in [6, 6.07) is 12.5. The number of aryl methyl sites for hydroxylation is 2. The van der Waals surface area contributed by atoms with E-state index < -0.39 is 17.8 Å². The number of nitrogens with two attached hydrogens (primary N) is 1. The highest BCUT2D eigenvalue weighted by atomic mass is 32.2. The number of aliphatic imine (C=N–C) groups is 1. The second kappa shape index (κ2) is 26.3. The van der Waals surface area contributed by atoms with Gasteiger partial charge in [0.1, 0.15) is 29.2 Å². The summed E-state index contributed by atoms with van der Waals surface area (Å²) in [6.45, 7) is 17.4. The van der Waals surface area contributed by atoms with E-state index >= 15 is 0 Å². The minimum absolute atomic E-state index is 0.00235. The third-order valence-electron chi connectivity index (χ3n) is 16.5. The molecule has 5 aliphatic heterocycles. The molecule has 20 heteroatoms. The second-order valence-corrected chi connectivity index (χ2v) is 22.7. The largest absolute Gasteiger partial charge is 0.382 e. The number of nitrogens with zero attached hydrogens (tertiary/aromatic N) is 9. The molecule has 0 saturated carbocycles. The van der Waals surface area contributed by atoms with Crippen LogP contribution in [0.1, 0.15) is 115 Å². The van der Waals surface area contributed by atoms with Crippen LogP contribution in [0.25, 0.3) is 16.0 Å². The first kappa shape index (κ1) is 57.3. The molecule has 2 aromatic heterocycles. The van der Waals surface area contributed by atoms with Gasteiger partial charge in [0.15, 0.2) is 5.78 Å². The number of likely N-dealkylation sites (N-methyl/N-ethyl adjacent to an activating group) is 1. The van der Waals surface area contributed by atoms with E-state index in [9.17, 15) is 28.4 Å². The van der Waals surface area contributed by atoms with Crippen molar-refractivity contribution >= 4 is 63.3 Å². The fourth-order valence-corrected chi connectivity index (χ4v) is 13.1. The number of rotatable bonds is 22. The van der Waals surface area contributed by atoms with Crippen molar-refractivity contribution in [3.05, 3.63) is 99.9 Å². The highest BCUT2D eigenvalue weighted by Gasteiger charge is 2.43. The summed E-state index contributed by atoms with van der Waals surface area (Å²) >= 11 is 1.58. The summed E-state index contributed by atoms with van der Waals surface area (Å²) < 4.78 is 28.2. The summed E-state index contributed by atoms with van der Waals surface area (Å²) in [7, 11) is 3.45. The number of likely N-dealkylation sites (tertiary alicyclic amines) is 2. The van der Waals surface area contributed by atoms with E-state index in [4.69, 9.17) is 26.8 Å². The molecule has 4 aromatic rings. The number of ketones is 3. The van der Waals surface area contributed by atoms with E-state index in [1.54, 1.807) is 41.6 Å². The molecule has 2 bridgehead atoms. The molecule has 5 aliphatic rings. The number of piperidine rings is 1. The van der Waals surface area contributed by atoms with E-state index in [0.717, 1.165) is 62.3 Å². The van der Waals surface area contributed by atoms with Crippen molar-refractivity contribution in [3.8, 4) is 11.1 Å². The number of nitrogen functional groups attached to an aromatic ring is 1. The zero-order valence-electron chi connectivity index (χ0n) is 46.0. The molecule has 79 heavy (non-hydrogen) atoms. The van der Waals surface area contributed by atoms with Crippen LogP contribution in [0.4, 0.5) is 21.7 Å². The number of carbonyl (C=O) groups excluding carboxylic acids is 5. The lowest BCUT2D eigenvalue weighted by molar-refractivity contribution is -0.141. The fourth-order valence-electron chi connectivity index (χ4n) is 11.9. The number of benzene rings is 2. The Bertz CT molecular complexity index is 2950. The van der Waals surface area contributed by atoms with Crippen molar-refractivity contribution in [1.82, 2.24) is 34.8 Å². The Balaban J connectivity index is 0.716. The fraction of sp³-hybridized carbons (Fsp3) is 0.542. The number of hydrogen-bond acceptors (Lipinski definition) is 15. The number of halogens is 1. The lowest BCUT2D eigenvalue weighted by Crippen LogP contribution is -2.48. The van der Waals surface area contributed by atoms with Gasteiger partial charge in [-0.3, -0.25) is 29.0 Å². The van der Waals surface area contributed by atoms with Crippen LogP contribution in [0.15, 0.2) is 59.7 Å². The van der Waals surface area contributed by atoms with Crippen molar-refractivity contribution in [1.29, 1.82) is 0 Å². The van der Waals surface area contributed by atoms with Gasteiger partial charge in [-0.25, -0.2) is 9.37 Å². The number of carbonyl (C=O) groups is 5. The van der Waals surface area contributed by atoms with Gasteiger partial charge >= 0.3 is 5.82 Å². The Hall–Kier alpha value is -6.37. The van der Waals surface area contributed by atoms with Gasteiger partial charge in [-0.05, 0) is 125 Å². The van der Waals surface area contributed by atoms with Crippen LogP contribution in [-0.4, -0.2) is 161 Å². The van der Waals surface area contributed by atoms with E-state index in [-0.39, 0.29) is 91.4 Å². The van der Waals surface area contributed by atoms with Gasteiger partial charge in [0.2, 0.25) is 5.91 Å². The zero-order valence-corrected chi connectivity index (χ0v) is 46.8. The predicted octanol–water partition coefficient (Wildman–Crippen LogP) is 7.51. The molecule has 0 spiro atoms. The van der Waals surface area contributed by atoms with E-state index in [0.29, 0.717) is 103 Å². The first-order valence-corrected chi connectivity index (χ1v) is 29.0. The average molecular weight is 1100 g/mol. The van der Waals surface area contributed by atoms with Crippen LogP contribution in [0.2, 0.25) is 0 Å². The van der Waals surface area contributed by atoms with Crippen LogP contribution < -0.4 is 16.0 Å². The van der Waals surface area contributed by atoms with Gasteiger partial charge in [-0.1, -0.05) is 36.4 Å². The second-order valence-electron chi connectivity index (χ2n) is 21.7. The summed E-state index contributed by atoms with van der Waals surface area (Å²) in [6.07, 6.45) is 7.50. The molecule has 7 heterocycles. The predicted molar refractivity (Wildman–Crippen MR) is 303 cm³/mol. The van der Waals surface area contributed by atoms with Crippen molar-refractivity contribution in [2.75, 3.05) is 89.6 Å². The highest BCUT2D eigenvalue weighted by molar-refractivity contribution is 8.14. The minimum atomic E-state index is -0.468. The molecule has 5 atom stereocenters. The quantitative estimate of drug-likeness (QED) is 0.0445. The normalized spacial score (nSPS) is 20.4. The average Bonchev–Trinajstić information content (AvgIpc) is 4.41. The van der Waals surface area contributed by atoms with Gasteiger partial charge in [0.25, 0.3) is 5.91 Å². The van der Waals surface area contributed by atoms with Gasteiger partial charge in [-0.2, -0.15) is 4.68 Å².